The second-order valence-electron chi connectivity index (χ2n) is 5.51. The van der Waals surface area contributed by atoms with Gasteiger partial charge in [0.1, 0.15) is 0 Å². The molecule has 7 heteroatoms. The number of hydrogen-bond donors (Lipinski definition) is 1. The van der Waals surface area contributed by atoms with Crippen molar-refractivity contribution in [3.63, 3.8) is 0 Å². The molecule has 0 atom stereocenters. The molecule has 0 saturated heterocycles. The Labute approximate surface area is 155 Å². The highest BCUT2D eigenvalue weighted by Crippen LogP contribution is 2.32. The Morgan fingerprint density at radius 2 is 1.88 bits per heavy atom. The lowest BCUT2D eigenvalue weighted by Crippen LogP contribution is -2.29. The first kappa shape index (κ1) is 18.1. The molecule has 1 aliphatic rings. The van der Waals surface area contributed by atoms with Gasteiger partial charge in [-0.1, -0.05) is 18.2 Å². The normalized spacial score (nSPS) is 11.8. The van der Waals surface area contributed by atoms with E-state index in [1.807, 2.05) is 18.2 Å². The summed E-state index contributed by atoms with van der Waals surface area (Å²) in [6.07, 6.45) is 0.835. The SMILES string of the molecule is O=C(COC(=O)c1ccc2c(c1)OCO2)NCCCSc1ccccc1. The van der Waals surface area contributed by atoms with E-state index >= 15 is 0 Å². The van der Waals surface area contributed by atoms with Crippen LogP contribution in [0.2, 0.25) is 0 Å². The van der Waals surface area contributed by atoms with Crippen molar-refractivity contribution in [2.45, 2.75) is 11.3 Å². The lowest BCUT2D eigenvalue weighted by molar-refractivity contribution is -0.124. The van der Waals surface area contributed by atoms with Gasteiger partial charge in [0.2, 0.25) is 6.79 Å². The van der Waals surface area contributed by atoms with Gasteiger partial charge in [-0.2, -0.15) is 0 Å². The fraction of sp³-hybridized carbons (Fsp3) is 0.263. The van der Waals surface area contributed by atoms with Crippen molar-refractivity contribution in [2.75, 3.05) is 25.7 Å². The van der Waals surface area contributed by atoms with Crippen molar-refractivity contribution in [3.05, 3.63) is 54.1 Å². The Bertz CT molecular complexity index is 766. The first-order chi connectivity index (χ1) is 12.7. The lowest BCUT2D eigenvalue weighted by atomic mass is 10.2. The summed E-state index contributed by atoms with van der Waals surface area (Å²) in [5.41, 5.74) is 0.321. The van der Waals surface area contributed by atoms with Crippen molar-refractivity contribution in [1.82, 2.24) is 5.32 Å². The highest BCUT2D eigenvalue weighted by Gasteiger charge is 2.17. The van der Waals surface area contributed by atoms with Crippen LogP contribution in [0.3, 0.4) is 0 Å². The quantitative estimate of drug-likeness (QED) is 0.436. The van der Waals surface area contributed by atoms with Crippen LogP contribution in [-0.4, -0.2) is 37.6 Å². The summed E-state index contributed by atoms with van der Waals surface area (Å²) in [5, 5.41) is 2.74. The third kappa shape index (κ3) is 5.16. The van der Waals surface area contributed by atoms with Crippen LogP contribution >= 0.6 is 11.8 Å². The number of benzene rings is 2. The molecule has 2 aromatic rings. The Balaban J connectivity index is 1.32. The van der Waals surface area contributed by atoms with Crippen LogP contribution in [0.1, 0.15) is 16.8 Å². The van der Waals surface area contributed by atoms with E-state index in [0.29, 0.717) is 23.6 Å². The molecule has 0 fully saturated rings. The maximum absolute atomic E-state index is 12.0. The Morgan fingerprint density at radius 3 is 2.73 bits per heavy atom. The zero-order valence-electron chi connectivity index (χ0n) is 14.1. The molecule has 0 spiro atoms. The molecule has 3 rings (SSSR count). The molecule has 1 N–H and O–H groups in total. The molecule has 1 heterocycles. The van der Waals surface area contributed by atoms with Crippen LogP contribution in [0.5, 0.6) is 11.5 Å². The molecule has 0 aliphatic carbocycles. The fourth-order valence-corrected chi connectivity index (χ4v) is 3.17. The van der Waals surface area contributed by atoms with Crippen molar-refractivity contribution in [2.24, 2.45) is 0 Å². The minimum atomic E-state index is -0.571. The second kappa shape index (κ2) is 9.15. The van der Waals surface area contributed by atoms with Gasteiger partial charge >= 0.3 is 5.97 Å². The zero-order valence-corrected chi connectivity index (χ0v) is 14.9. The molecular formula is C19H19NO5S. The summed E-state index contributed by atoms with van der Waals surface area (Å²) in [4.78, 5) is 24.9. The first-order valence-electron chi connectivity index (χ1n) is 8.24. The van der Waals surface area contributed by atoms with Crippen molar-refractivity contribution in [1.29, 1.82) is 0 Å². The van der Waals surface area contributed by atoms with Crippen molar-refractivity contribution < 1.29 is 23.8 Å². The average molecular weight is 373 g/mol. The minimum Gasteiger partial charge on any atom is -0.454 e. The van der Waals surface area contributed by atoms with E-state index in [1.165, 1.54) is 4.90 Å². The van der Waals surface area contributed by atoms with Crippen molar-refractivity contribution >= 4 is 23.6 Å². The van der Waals surface area contributed by atoms with E-state index < -0.39 is 5.97 Å². The second-order valence-corrected chi connectivity index (χ2v) is 6.68. The van der Waals surface area contributed by atoms with E-state index in [-0.39, 0.29) is 19.3 Å². The van der Waals surface area contributed by atoms with Crippen LogP contribution in [0.25, 0.3) is 0 Å². The summed E-state index contributed by atoms with van der Waals surface area (Å²) >= 11 is 1.74. The van der Waals surface area contributed by atoms with E-state index in [2.05, 4.69) is 17.4 Å². The number of nitrogens with one attached hydrogen (secondary N) is 1. The molecule has 136 valence electrons. The number of hydrogen-bond acceptors (Lipinski definition) is 6. The van der Waals surface area contributed by atoms with Gasteiger partial charge in [-0.15, -0.1) is 11.8 Å². The van der Waals surface area contributed by atoms with Crippen LogP contribution in [0.15, 0.2) is 53.4 Å². The average Bonchev–Trinajstić information content (AvgIpc) is 3.14. The van der Waals surface area contributed by atoms with Gasteiger partial charge in [-0.3, -0.25) is 4.79 Å². The van der Waals surface area contributed by atoms with Gasteiger partial charge in [-0.05, 0) is 42.5 Å². The van der Waals surface area contributed by atoms with Crippen LogP contribution in [0.4, 0.5) is 0 Å². The summed E-state index contributed by atoms with van der Waals surface area (Å²) < 4.78 is 15.4. The Kier molecular flexibility index (Phi) is 6.38. The van der Waals surface area contributed by atoms with Crippen LogP contribution in [0, 0.1) is 0 Å². The van der Waals surface area contributed by atoms with E-state index in [0.717, 1.165) is 12.2 Å². The molecule has 0 bridgehead atoms. The molecule has 0 unspecified atom stereocenters. The highest BCUT2D eigenvalue weighted by molar-refractivity contribution is 7.99. The topological polar surface area (TPSA) is 73.9 Å². The van der Waals surface area contributed by atoms with Gasteiger partial charge in [0.15, 0.2) is 18.1 Å². The largest absolute Gasteiger partial charge is 0.454 e. The molecule has 1 aliphatic heterocycles. The number of thioether (sulfide) groups is 1. The number of fused-ring (bicyclic) bond motifs is 1. The number of ether oxygens (including phenoxy) is 3. The number of carbonyl (C=O) groups excluding carboxylic acids is 2. The Hall–Kier alpha value is -2.67. The smallest absolute Gasteiger partial charge is 0.338 e. The molecule has 0 saturated carbocycles. The number of amides is 1. The predicted octanol–water partition coefficient (Wildman–Crippen LogP) is 2.87. The maximum atomic E-state index is 12.0. The standard InChI is InChI=1S/C19H19NO5S/c21-18(20-9-4-10-26-15-5-2-1-3-6-15)12-23-19(22)14-7-8-16-17(11-14)25-13-24-16/h1-3,5-8,11H,4,9-10,12-13H2,(H,20,21). The molecule has 1 amide bonds. The fourth-order valence-electron chi connectivity index (χ4n) is 2.30. The minimum absolute atomic E-state index is 0.138. The summed E-state index contributed by atoms with van der Waals surface area (Å²) in [7, 11) is 0. The summed E-state index contributed by atoms with van der Waals surface area (Å²) in [6.45, 7) is 0.373. The van der Waals surface area contributed by atoms with E-state index in [4.69, 9.17) is 14.2 Å². The number of esters is 1. The summed E-state index contributed by atoms with van der Waals surface area (Å²) in [5.74, 6) is 1.11. The maximum Gasteiger partial charge on any atom is 0.338 e. The van der Waals surface area contributed by atoms with Gasteiger partial charge in [0, 0.05) is 11.4 Å². The molecule has 0 aromatic heterocycles. The first-order valence-corrected chi connectivity index (χ1v) is 9.22. The van der Waals surface area contributed by atoms with Gasteiger partial charge in [0.25, 0.3) is 5.91 Å². The Morgan fingerprint density at radius 1 is 1.08 bits per heavy atom. The van der Waals surface area contributed by atoms with E-state index in [9.17, 15) is 9.59 Å². The zero-order chi connectivity index (χ0) is 18.2. The van der Waals surface area contributed by atoms with Crippen molar-refractivity contribution in [3.8, 4) is 11.5 Å². The molecule has 26 heavy (non-hydrogen) atoms. The predicted molar refractivity (Wildman–Crippen MR) is 97.6 cm³/mol. The third-order valence-corrected chi connectivity index (χ3v) is 4.70. The molecular weight excluding hydrogens is 354 g/mol. The summed E-state index contributed by atoms with van der Waals surface area (Å²) in [6, 6.07) is 14.9. The molecule has 6 nitrogen and oxygen atoms in total. The van der Waals surface area contributed by atoms with Gasteiger partial charge in [0.05, 0.1) is 5.56 Å². The van der Waals surface area contributed by atoms with Gasteiger partial charge < -0.3 is 19.5 Å². The molecule has 0 radical (unpaired) electrons. The van der Waals surface area contributed by atoms with Crippen LogP contribution in [-0.2, 0) is 9.53 Å². The lowest BCUT2D eigenvalue weighted by Gasteiger charge is -2.07. The monoisotopic (exact) mass is 373 g/mol. The third-order valence-electron chi connectivity index (χ3n) is 3.60. The highest BCUT2D eigenvalue weighted by atomic mass is 32.2. The number of carbonyl (C=O) groups is 2. The molecule has 2 aromatic carbocycles. The van der Waals surface area contributed by atoms with E-state index in [1.54, 1.807) is 30.0 Å². The number of rotatable bonds is 8. The van der Waals surface area contributed by atoms with Crippen LogP contribution < -0.4 is 14.8 Å². The van der Waals surface area contributed by atoms with Gasteiger partial charge in [-0.25, -0.2) is 4.79 Å².